The van der Waals surface area contributed by atoms with E-state index in [-0.39, 0.29) is 0 Å². The summed E-state index contributed by atoms with van der Waals surface area (Å²) in [5, 5.41) is 7.42. The largest absolute Gasteiger partial charge is 0.481 e. The molecule has 0 aromatic rings. The van der Waals surface area contributed by atoms with E-state index in [1.54, 1.807) is 0 Å². The fourth-order valence-corrected chi connectivity index (χ4v) is 0. The van der Waals surface area contributed by atoms with E-state index in [4.69, 9.17) is 21.5 Å². The Kier molecular flexibility index (Phi) is 12.6. The minimum atomic E-state index is -0.833. The molecule has 1 N–H and O–H groups in total. The summed E-state index contributed by atoms with van der Waals surface area (Å²) >= 11 is 4.76. The normalized spacial score (nSPS) is 5.43. The number of rotatable bonds is 0. The van der Waals surface area contributed by atoms with Crippen LogP contribution in [0.15, 0.2) is 12.1 Å². The Balaban J connectivity index is 0. The first-order valence-corrected chi connectivity index (χ1v) is 1.99. The lowest BCUT2D eigenvalue weighted by Gasteiger charge is -1.59. The van der Waals surface area contributed by atoms with Gasteiger partial charge in [-0.05, 0) is 5.54 Å². The number of carboxylic acid groups (broad SMARTS) is 1. The maximum absolute atomic E-state index is 9.00. The van der Waals surface area contributed by atoms with Crippen molar-refractivity contribution in [2.24, 2.45) is 0 Å². The van der Waals surface area contributed by atoms with E-state index in [1.165, 1.54) is 5.54 Å². The third-order valence-electron chi connectivity index (χ3n) is 0. The predicted molar refractivity (Wildman–Crippen MR) is 29.4 cm³/mol. The van der Waals surface area contributed by atoms with Gasteiger partial charge in [-0.1, -0.05) is 18.2 Å². The zero-order chi connectivity index (χ0) is 6.28. The van der Waals surface area contributed by atoms with Crippen LogP contribution in [0.5, 0.6) is 0 Å². The summed E-state index contributed by atoms with van der Waals surface area (Å²) in [6.07, 6.45) is 0. The van der Waals surface area contributed by atoms with E-state index in [2.05, 4.69) is 6.58 Å². The molecule has 0 aromatic carbocycles. The van der Waals surface area contributed by atoms with Crippen molar-refractivity contribution in [2.45, 2.75) is 6.92 Å². The highest BCUT2D eigenvalue weighted by Gasteiger charge is 1.65. The van der Waals surface area contributed by atoms with E-state index in [0.29, 0.717) is 0 Å². The van der Waals surface area contributed by atoms with Gasteiger partial charge in [-0.15, -0.1) is 0 Å². The summed E-state index contributed by atoms with van der Waals surface area (Å²) in [5.41, 5.74) is 1.22. The highest BCUT2D eigenvalue weighted by atomic mass is 35.5. The topological polar surface area (TPSA) is 37.3 Å². The Labute approximate surface area is 47.4 Å². The number of hydrogen-bond acceptors (Lipinski definition) is 1. The van der Waals surface area contributed by atoms with Crippen LogP contribution in [0.1, 0.15) is 6.92 Å². The van der Waals surface area contributed by atoms with Gasteiger partial charge in [0.25, 0.3) is 5.97 Å². The average Bonchev–Trinajstić information content (AvgIpc) is 1.33. The van der Waals surface area contributed by atoms with Crippen molar-refractivity contribution in [3.05, 3.63) is 12.1 Å². The maximum atomic E-state index is 9.00. The highest BCUT2D eigenvalue weighted by Crippen LogP contribution is 1.60. The summed E-state index contributed by atoms with van der Waals surface area (Å²) in [7, 11) is 0. The van der Waals surface area contributed by atoms with Gasteiger partial charge in [0.05, 0.1) is 0 Å². The summed E-state index contributed by atoms with van der Waals surface area (Å²) in [6, 6.07) is 0. The number of halogens is 1. The lowest BCUT2D eigenvalue weighted by Crippen LogP contribution is -1.78. The maximum Gasteiger partial charge on any atom is 0.300 e. The molecule has 0 amide bonds. The molecule has 0 heterocycles. The minimum Gasteiger partial charge on any atom is -0.481 e. The molecule has 0 fully saturated rings. The molecule has 0 saturated heterocycles. The van der Waals surface area contributed by atoms with Crippen molar-refractivity contribution in [1.82, 2.24) is 0 Å². The standard InChI is InChI=1S/C2H3Cl.C2H4O2/c1-2-3;1-2(3)4/h2H,1H2;1H3,(H,3,4). The Hall–Kier alpha value is -0.500. The Bertz CT molecular complexity index is 56.7. The van der Waals surface area contributed by atoms with E-state index in [1.807, 2.05) is 0 Å². The molecular formula is C4H7ClO2. The second kappa shape index (κ2) is 9.09. The lowest BCUT2D eigenvalue weighted by atomic mass is 10.9. The van der Waals surface area contributed by atoms with Crippen LogP contribution in [0, 0.1) is 0 Å². The van der Waals surface area contributed by atoms with Gasteiger partial charge in [0.1, 0.15) is 0 Å². The fourth-order valence-electron chi connectivity index (χ4n) is 0. The first-order valence-electron chi connectivity index (χ1n) is 1.55. The highest BCUT2D eigenvalue weighted by molar-refractivity contribution is 6.25. The summed E-state index contributed by atoms with van der Waals surface area (Å²) < 4.78 is 0. The zero-order valence-corrected chi connectivity index (χ0v) is 4.77. The van der Waals surface area contributed by atoms with Gasteiger partial charge in [-0.3, -0.25) is 4.79 Å². The molecule has 0 aromatic heterocycles. The monoisotopic (exact) mass is 122 g/mol. The van der Waals surface area contributed by atoms with Gasteiger partial charge < -0.3 is 5.11 Å². The number of aliphatic carboxylic acids is 1. The van der Waals surface area contributed by atoms with Crippen LogP contribution < -0.4 is 0 Å². The molecule has 0 bridgehead atoms. The second-order valence-corrected chi connectivity index (χ2v) is 0.982. The quantitative estimate of drug-likeness (QED) is 0.528. The smallest absolute Gasteiger partial charge is 0.300 e. The van der Waals surface area contributed by atoms with Crippen molar-refractivity contribution in [3.8, 4) is 0 Å². The van der Waals surface area contributed by atoms with Gasteiger partial charge in [-0.2, -0.15) is 0 Å². The first-order chi connectivity index (χ1) is 3.15. The van der Waals surface area contributed by atoms with Crippen LogP contribution in [0.3, 0.4) is 0 Å². The second-order valence-electron chi connectivity index (χ2n) is 0.673. The molecule has 2 nitrogen and oxygen atoms in total. The van der Waals surface area contributed by atoms with Gasteiger partial charge >= 0.3 is 0 Å². The molecule has 3 heteroatoms. The molecule has 0 spiro atoms. The average molecular weight is 123 g/mol. The SMILES string of the molecule is C=CCl.CC(=O)O. The summed E-state index contributed by atoms with van der Waals surface area (Å²) in [6.45, 7) is 4.21. The molecule has 42 valence electrons. The van der Waals surface area contributed by atoms with Crippen molar-refractivity contribution in [1.29, 1.82) is 0 Å². The van der Waals surface area contributed by atoms with Crippen LogP contribution in [0.25, 0.3) is 0 Å². The van der Waals surface area contributed by atoms with Crippen molar-refractivity contribution >= 4 is 17.6 Å². The molecule has 7 heavy (non-hydrogen) atoms. The fraction of sp³-hybridized carbons (Fsp3) is 0.250. The van der Waals surface area contributed by atoms with Crippen LogP contribution in [0.2, 0.25) is 0 Å². The molecule has 0 aliphatic rings. The van der Waals surface area contributed by atoms with Crippen LogP contribution in [-0.2, 0) is 4.79 Å². The molecule has 0 atom stereocenters. The third kappa shape index (κ3) is 270. The van der Waals surface area contributed by atoms with E-state index < -0.39 is 5.97 Å². The first kappa shape index (κ1) is 9.71. The van der Waals surface area contributed by atoms with Crippen molar-refractivity contribution in [3.63, 3.8) is 0 Å². The number of carboxylic acids is 1. The van der Waals surface area contributed by atoms with Crippen molar-refractivity contribution in [2.75, 3.05) is 0 Å². The lowest BCUT2D eigenvalue weighted by molar-refractivity contribution is -0.134. The van der Waals surface area contributed by atoms with Gasteiger partial charge in [-0.25, -0.2) is 0 Å². The van der Waals surface area contributed by atoms with Gasteiger partial charge in [0.2, 0.25) is 0 Å². The molecule has 0 aliphatic heterocycles. The van der Waals surface area contributed by atoms with Crippen LogP contribution >= 0.6 is 11.6 Å². The number of hydrogen-bond donors (Lipinski definition) is 1. The van der Waals surface area contributed by atoms with Gasteiger partial charge in [0.15, 0.2) is 0 Å². The minimum absolute atomic E-state index is 0.833. The molecule has 0 aliphatic carbocycles. The number of carbonyl (C=O) groups is 1. The molecular weight excluding hydrogens is 115 g/mol. The van der Waals surface area contributed by atoms with Crippen LogP contribution in [0.4, 0.5) is 0 Å². The summed E-state index contributed by atoms with van der Waals surface area (Å²) in [5.74, 6) is -0.833. The van der Waals surface area contributed by atoms with Crippen LogP contribution in [-0.4, -0.2) is 11.1 Å². The molecule has 0 radical (unpaired) electrons. The Morgan fingerprint density at radius 3 is 2.00 bits per heavy atom. The Morgan fingerprint density at radius 2 is 2.00 bits per heavy atom. The predicted octanol–water partition coefficient (Wildman–Crippen LogP) is 1.46. The van der Waals surface area contributed by atoms with E-state index in [9.17, 15) is 0 Å². The van der Waals surface area contributed by atoms with Crippen molar-refractivity contribution < 1.29 is 9.90 Å². The molecule has 0 saturated carbocycles. The Morgan fingerprint density at radius 1 is 2.00 bits per heavy atom. The molecule has 0 rings (SSSR count). The summed E-state index contributed by atoms with van der Waals surface area (Å²) in [4.78, 5) is 9.00. The third-order valence-corrected chi connectivity index (χ3v) is 0. The zero-order valence-electron chi connectivity index (χ0n) is 4.02. The van der Waals surface area contributed by atoms with E-state index >= 15 is 0 Å². The van der Waals surface area contributed by atoms with E-state index in [0.717, 1.165) is 6.92 Å². The molecule has 0 unspecified atom stereocenters. The van der Waals surface area contributed by atoms with Gasteiger partial charge in [0, 0.05) is 6.92 Å².